The summed E-state index contributed by atoms with van der Waals surface area (Å²) in [5.41, 5.74) is 2.62. The fourth-order valence-corrected chi connectivity index (χ4v) is 6.30. The molecular formula is C24H34N2OS. The molecule has 0 bridgehead atoms. The molecule has 1 aromatic heterocycles. The van der Waals surface area contributed by atoms with Gasteiger partial charge in [-0.05, 0) is 73.2 Å². The van der Waals surface area contributed by atoms with Crippen molar-refractivity contribution in [1.29, 1.82) is 0 Å². The topological polar surface area (TPSA) is 23.6 Å². The molecule has 0 N–H and O–H groups in total. The summed E-state index contributed by atoms with van der Waals surface area (Å²) in [5.74, 6) is 0.284. The minimum absolute atomic E-state index is 0.284. The maximum absolute atomic E-state index is 13.3. The standard InChI is InChI=1S/C24H34N2OS/c1-3-8-18-11-12-19(20-13-16-28-24(18)20)17-23(27)25(2)21-9-4-5-10-22(21)26-14-6-7-15-26/h11-13,16,21-22H,3-10,14-15,17H2,1-2H3/t21-,22-/m1/s1. The van der Waals surface area contributed by atoms with Gasteiger partial charge in [0.1, 0.15) is 0 Å². The number of carbonyl (C=O) groups is 1. The quantitative estimate of drug-likeness (QED) is 0.662. The van der Waals surface area contributed by atoms with E-state index in [-0.39, 0.29) is 5.91 Å². The highest BCUT2D eigenvalue weighted by molar-refractivity contribution is 7.17. The Morgan fingerprint density at radius 1 is 1.11 bits per heavy atom. The van der Waals surface area contributed by atoms with Crippen molar-refractivity contribution in [2.75, 3.05) is 20.1 Å². The zero-order chi connectivity index (χ0) is 19.5. The van der Waals surface area contributed by atoms with Crippen LogP contribution in [0.25, 0.3) is 10.1 Å². The van der Waals surface area contributed by atoms with Crippen LogP contribution >= 0.6 is 11.3 Å². The van der Waals surface area contributed by atoms with Crippen LogP contribution in [0.15, 0.2) is 23.6 Å². The van der Waals surface area contributed by atoms with Gasteiger partial charge in [-0.1, -0.05) is 38.3 Å². The van der Waals surface area contributed by atoms with Crippen LogP contribution in [0.4, 0.5) is 0 Å². The van der Waals surface area contributed by atoms with Crippen molar-refractivity contribution in [1.82, 2.24) is 9.80 Å². The number of amides is 1. The highest BCUT2D eigenvalue weighted by Gasteiger charge is 2.35. The molecule has 1 aliphatic heterocycles. The zero-order valence-corrected chi connectivity index (χ0v) is 18.3. The lowest BCUT2D eigenvalue weighted by Crippen LogP contribution is -2.53. The van der Waals surface area contributed by atoms with Gasteiger partial charge in [-0.2, -0.15) is 0 Å². The molecule has 0 spiro atoms. The van der Waals surface area contributed by atoms with E-state index in [2.05, 4.69) is 47.4 Å². The van der Waals surface area contributed by atoms with Crippen molar-refractivity contribution in [2.45, 2.75) is 76.8 Å². The van der Waals surface area contributed by atoms with Gasteiger partial charge >= 0.3 is 0 Å². The van der Waals surface area contributed by atoms with Crippen LogP contribution in [0.5, 0.6) is 0 Å². The molecule has 3 nitrogen and oxygen atoms in total. The van der Waals surface area contributed by atoms with Gasteiger partial charge in [0.05, 0.1) is 6.42 Å². The van der Waals surface area contributed by atoms with Gasteiger partial charge in [0, 0.05) is 23.8 Å². The third-order valence-corrected chi connectivity index (χ3v) is 7.83. The Bertz CT molecular complexity index is 808. The summed E-state index contributed by atoms with van der Waals surface area (Å²) in [4.78, 5) is 18.0. The molecule has 2 heterocycles. The summed E-state index contributed by atoms with van der Waals surface area (Å²) in [6.45, 7) is 4.67. The minimum Gasteiger partial charge on any atom is -0.341 e. The van der Waals surface area contributed by atoms with Crippen molar-refractivity contribution in [2.24, 2.45) is 0 Å². The van der Waals surface area contributed by atoms with Crippen LogP contribution in [0.2, 0.25) is 0 Å². The Kier molecular flexibility index (Phi) is 6.37. The van der Waals surface area contributed by atoms with Gasteiger partial charge < -0.3 is 4.90 Å². The molecule has 28 heavy (non-hydrogen) atoms. The lowest BCUT2D eigenvalue weighted by molar-refractivity contribution is -0.133. The molecule has 4 heteroatoms. The summed E-state index contributed by atoms with van der Waals surface area (Å²) >= 11 is 1.82. The molecule has 1 aromatic carbocycles. The molecular weight excluding hydrogens is 364 g/mol. The molecule has 1 aliphatic carbocycles. The number of likely N-dealkylation sites (tertiary alicyclic amines) is 1. The summed E-state index contributed by atoms with van der Waals surface area (Å²) in [7, 11) is 2.05. The van der Waals surface area contributed by atoms with E-state index < -0.39 is 0 Å². The normalized spacial score (nSPS) is 23.4. The number of hydrogen-bond acceptors (Lipinski definition) is 3. The molecule has 152 valence electrons. The van der Waals surface area contributed by atoms with Crippen LogP contribution in [0.1, 0.15) is 63.0 Å². The maximum Gasteiger partial charge on any atom is 0.227 e. The van der Waals surface area contributed by atoms with Crippen LogP contribution in [0.3, 0.4) is 0 Å². The molecule has 1 saturated carbocycles. The number of carbonyl (C=O) groups excluding carboxylic acids is 1. The number of hydrogen-bond donors (Lipinski definition) is 0. The molecule has 2 aromatic rings. The Morgan fingerprint density at radius 3 is 2.64 bits per heavy atom. The Morgan fingerprint density at radius 2 is 1.86 bits per heavy atom. The SMILES string of the molecule is CCCc1ccc(CC(=O)N(C)[C@@H]2CCCC[C@H]2N2CCCC2)c2ccsc12. The predicted molar refractivity (Wildman–Crippen MR) is 119 cm³/mol. The number of likely N-dealkylation sites (N-methyl/N-ethyl adjacent to an activating group) is 1. The molecule has 4 rings (SSSR count). The van der Waals surface area contributed by atoms with E-state index in [1.165, 1.54) is 66.4 Å². The molecule has 2 atom stereocenters. The number of thiophene rings is 1. The van der Waals surface area contributed by atoms with Crippen molar-refractivity contribution in [3.8, 4) is 0 Å². The summed E-state index contributed by atoms with van der Waals surface area (Å²) in [6, 6.07) is 7.61. The maximum atomic E-state index is 13.3. The van der Waals surface area contributed by atoms with Gasteiger partial charge in [-0.25, -0.2) is 0 Å². The van der Waals surface area contributed by atoms with E-state index in [1.54, 1.807) is 0 Å². The molecule has 0 unspecified atom stereocenters. The fraction of sp³-hybridized carbons (Fsp3) is 0.625. The van der Waals surface area contributed by atoms with Crippen molar-refractivity contribution >= 4 is 27.3 Å². The fourth-order valence-electron chi connectivity index (χ4n) is 5.31. The van der Waals surface area contributed by atoms with Crippen LogP contribution in [-0.2, 0) is 17.6 Å². The van der Waals surface area contributed by atoms with Gasteiger partial charge in [0.25, 0.3) is 0 Å². The highest BCUT2D eigenvalue weighted by Crippen LogP contribution is 2.32. The Balaban J connectivity index is 1.50. The minimum atomic E-state index is 0.284. The molecule has 1 amide bonds. The van der Waals surface area contributed by atoms with Crippen molar-refractivity contribution in [3.05, 3.63) is 34.7 Å². The van der Waals surface area contributed by atoms with Gasteiger partial charge in [0.15, 0.2) is 0 Å². The van der Waals surface area contributed by atoms with Gasteiger partial charge in [0.2, 0.25) is 5.91 Å². The first kappa shape index (κ1) is 19.9. The van der Waals surface area contributed by atoms with Crippen LogP contribution in [-0.4, -0.2) is 47.9 Å². The second kappa shape index (κ2) is 8.96. The first-order chi connectivity index (χ1) is 13.7. The first-order valence-electron chi connectivity index (χ1n) is 11.2. The van der Waals surface area contributed by atoms with E-state index in [1.807, 2.05) is 11.3 Å². The third-order valence-electron chi connectivity index (χ3n) is 6.84. The second-order valence-electron chi connectivity index (χ2n) is 8.64. The number of rotatable bonds is 6. The lowest BCUT2D eigenvalue weighted by atomic mass is 9.88. The molecule has 2 aliphatic rings. The predicted octanol–water partition coefficient (Wildman–Crippen LogP) is 5.26. The van der Waals surface area contributed by atoms with Crippen LogP contribution in [0, 0.1) is 0 Å². The molecule has 2 fully saturated rings. The van der Waals surface area contributed by atoms with E-state index >= 15 is 0 Å². The smallest absolute Gasteiger partial charge is 0.227 e. The molecule has 1 saturated heterocycles. The Hall–Kier alpha value is -1.39. The Labute approximate surface area is 173 Å². The van der Waals surface area contributed by atoms with Gasteiger partial charge in [-0.15, -0.1) is 11.3 Å². The summed E-state index contributed by atoms with van der Waals surface area (Å²) in [6.07, 6.45) is 10.4. The van der Waals surface area contributed by atoms with Crippen LogP contribution < -0.4 is 0 Å². The van der Waals surface area contributed by atoms with E-state index in [4.69, 9.17) is 0 Å². The van der Waals surface area contributed by atoms with E-state index in [0.29, 0.717) is 18.5 Å². The first-order valence-corrected chi connectivity index (χ1v) is 12.0. The number of nitrogens with zero attached hydrogens (tertiary/aromatic N) is 2. The largest absolute Gasteiger partial charge is 0.341 e. The lowest BCUT2D eigenvalue weighted by Gasteiger charge is -2.42. The monoisotopic (exact) mass is 398 g/mol. The second-order valence-corrected chi connectivity index (χ2v) is 9.56. The number of benzene rings is 1. The third kappa shape index (κ3) is 3.99. The van der Waals surface area contributed by atoms with Gasteiger partial charge in [-0.3, -0.25) is 9.69 Å². The van der Waals surface area contributed by atoms with Crippen molar-refractivity contribution in [3.63, 3.8) is 0 Å². The number of aryl methyl sites for hydroxylation is 1. The average Bonchev–Trinajstić information content (AvgIpc) is 3.41. The highest BCUT2D eigenvalue weighted by atomic mass is 32.1. The summed E-state index contributed by atoms with van der Waals surface area (Å²) < 4.78 is 1.38. The average molecular weight is 399 g/mol. The molecule has 0 radical (unpaired) electrons. The van der Waals surface area contributed by atoms with E-state index in [9.17, 15) is 4.79 Å². The summed E-state index contributed by atoms with van der Waals surface area (Å²) in [5, 5.41) is 3.46. The van der Waals surface area contributed by atoms with Crippen molar-refractivity contribution < 1.29 is 4.79 Å². The zero-order valence-electron chi connectivity index (χ0n) is 17.5. The van der Waals surface area contributed by atoms with E-state index in [0.717, 1.165) is 19.3 Å². The number of fused-ring (bicyclic) bond motifs is 1.